The first-order valence-corrected chi connectivity index (χ1v) is 15.7. The summed E-state index contributed by atoms with van der Waals surface area (Å²) < 4.78 is 10.3. The minimum absolute atomic E-state index is 0.0424. The van der Waals surface area contributed by atoms with Gasteiger partial charge in [-0.3, -0.25) is 20.1 Å². The molecule has 0 saturated heterocycles. The molecule has 242 valence electrons. The molecule has 0 bridgehead atoms. The van der Waals surface area contributed by atoms with E-state index in [1.807, 2.05) is 62.4 Å². The summed E-state index contributed by atoms with van der Waals surface area (Å²) in [7, 11) is 0. The van der Waals surface area contributed by atoms with Crippen molar-refractivity contribution in [2.45, 2.75) is 46.4 Å². The highest BCUT2D eigenvalue weighted by Crippen LogP contribution is 2.32. The summed E-state index contributed by atoms with van der Waals surface area (Å²) in [6.07, 6.45) is -0.678. The van der Waals surface area contributed by atoms with E-state index in [9.17, 15) is 9.59 Å². The van der Waals surface area contributed by atoms with Gasteiger partial charge < -0.3 is 9.47 Å². The minimum Gasteiger partial charge on any atom is -0.433 e. The molecule has 2 aromatic carbocycles. The summed E-state index contributed by atoms with van der Waals surface area (Å²) in [5.74, 6) is 2.66. The van der Waals surface area contributed by atoms with Crippen molar-refractivity contribution in [3.8, 4) is 22.5 Å². The number of fused-ring (bicyclic) bond motifs is 1. The summed E-state index contributed by atoms with van der Waals surface area (Å²) in [5, 5.41) is 29.3. The number of ether oxygens (including phenoxy) is 2. The Hall–Kier alpha value is -4.48. The number of amides is 1. The molecular formula is C30H34N8O7S. The molecule has 0 fully saturated rings. The number of aryl methyl sites for hydroxylation is 2. The number of aromatic nitrogens is 6. The Kier molecular flexibility index (Phi) is 10.9. The van der Waals surface area contributed by atoms with Gasteiger partial charge in [0.15, 0.2) is 0 Å². The van der Waals surface area contributed by atoms with Gasteiger partial charge in [0, 0.05) is 34.7 Å². The third-order valence-corrected chi connectivity index (χ3v) is 8.04. The van der Waals surface area contributed by atoms with Gasteiger partial charge in [0.05, 0.1) is 18.5 Å². The summed E-state index contributed by atoms with van der Waals surface area (Å²) in [6, 6.07) is 15.6. The largest absolute Gasteiger partial charge is 0.510 e. The third kappa shape index (κ3) is 8.21. The Bertz CT molecular complexity index is 1670. The zero-order chi connectivity index (χ0) is 32.6. The molecule has 5 rings (SSSR count). The number of anilines is 1. The molecule has 2 aromatic heterocycles. The number of benzene rings is 2. The number of nitrogens with zero attached hydrogens (tertiary/aromatic N) is 8. The second kappa shape index (κ2) is 15.2. The normalized spacial score (nSPS) is 13.5. The average molecular weight is 651 g/mol. The lowest BCUT2D eigenvalue weighted by molar-refractivity contribution is -0.490. The zero-order valence-corrected chi connectivity index (χ0v) is 26.4. The van der Waals surface area contributed by atoms with Gasteiger partial charge in [0.1, 0.15) is 18.2 Å². The standard InChI is InChI=1S/C30H34N8O7S/c1-19-24-12-13-27(39)36(29(24)32-20(2)31-19)18-22-8-10-23(11-9-22)25-6-4-5-7-26(25)28-33-35-37(34-28)21(3)45-30(40)43-14-16-46-17-15-44-38(41)42/h4-11,21,41-42H,12-18H2,1-3H3. The minimum atomic E-state index is -0.881. The number of carbonyl (C=O) groups is 2. The first kappa shape index (κ1) is 32.9. The molecule has 0 saturated carbocycles. The van der Waals surface area contributed by atoms with E-state index in [1.54, 1.807) is 11.8 Å². The number of thioether (sulfide) groups is 1. The molecule has 4 aromatic rings. The van der Waals surface area contributed by atoms with E-state index in [4.69, 9.17) is 19.9 Å². The molecular weight excluding hydrogens is 616 g/mol. The van der Waals surface area contributed by atoms with Gasteiger partial charge in [0.2, 0.25) is 18.0 Å². The van der Waals surface area contributed by atoms with E-state index in [1.165, 1.54) is 16.6 Å². The monoisotopic (exact) mass is 650 g/mol. The highest BCUT2D eigenvalue weighted by molar-refractivity contribution is 7.99. The highest BCUT2D eigenvalue weighted by Gasteiger charge is 2.28. The van der Waals surface area contributed by atoms with Crippen LogP contribution in [0.3, 0.4) is 0 Å². The molecule has 15 nitrogen and oxygen atoms in total. The van der Waals surface area contributed by atoms with E-state index in [0.29, 0.717) is 48.4 Å². The van der Waals surface area contributed by atoms with Crippen LogP contribution in [0.2, 0.25) is 0 Å². The molecule has 46 heavy (non-hydrogen) atoms. The van der Waals surface area contributed by atoms with E-state index in [0.717, 1.165) is 33.5 Å². The lowest BCUT2D eigenvalue weighted by Crippen LogP contribution is -2.36. The van der Waals surface area contributed by atoms with Crippen LogP contribution >= 0.6 is 11.8 Å². The first-order valence-electron chi connectivity index (χ1n) is 14.5. The molecule has 2 N–H and O–H groups in total. The van der Waals surface area contributed by atoms with Gasteiger partial charge in [0.25, 0.3) is 0 Å². The van der Waals surface area contributed by atoms with E-state index < -0.39 is 12.4 Å². The maximum absolute atomic E-state index is 12.9. The fraction of sp³-hybridized carbons (Fsp3) is 0.367. The molecule has 1 unspecified atom stereocenters. The maximum atomic E-state index is 12.9. The van der Waals surface area contributed by atoms with Crippen molar-refractivity contribution in [3.05, 3.63) is 71.2 Å². The molecule has 0 radical (unpaired) electrons. The van der Waals surface area contributed by atoms with Gasteiger partial charge in [-0.05, 0) is 49.1 Å². The first-order chi connectivity index (χ1) is 22.2. The van der Waals surface area contributed by atoms with Crippen LogP contribution in [0.1, 0.15) is 42.2 Å². The lowest BCUT2D eigenvalue weighted by atomic mass is 9.98. The second-order valence-corrected chi connectivity index (χ2v) is 11.6. The maximum Gasteiger partial charge on any atom is 0.510 e. The van der Waals surface area contributed by atoms with Gasteiger partial charge in [-0.1, -0.05) is 48.5 Å². The predicted molar refractivity (Wildman–Crippen MR) is 166 cm³/mol. The Labute approximate surface area is 269 Å². The van der Waals surface area contributed by atoms with Crippen LogP contribution in [-0.2, 0) is 32.1 Å². The van der Waals surface area contributed by atoms with Gasteiger partial charge >= 0.3 is 6.16 Å². The molecule has 1 atom stereocenters. The van der Waals surface area contributed by atoms with Crippen LogP contribution in [0, 0.1) is 13.8 Å². The Morgan fingerprint density at radius 1 is 1.02 bits per heavy atom. The van der Waals surface area contributed by atoms with Gasteiger partial charge in [-0.15, -0.1) is 15.0 Å². The molecule has 1 aliphatic heterocycles. The fourth-order valence-corrected chi connectivity index (χ4v) is 5.55. The zero-order valence-electron chi connectivity index (χ0n) is 25.6. The molecule has 0 spiro atoms. The Morgan fingerprint density at radius 2 is 1.76 bits per heavy atom. The van der Waals surface area contributed by atoms with Crippen LogP contribution in [0.15, 0.2) is 48.5 Å². The van der Waals surface area contributed by atoms with E-state index in [2.05, 4.69) is 30.2 Å². The van der Waals surface area contributed by atoms with Crippen molar-refractivity contribution in [2.75, 3.05) is 29.6 Å². The number of hydrogen-bond acceptors (Lipinski definition) is 14. The van der Waals surface area contributed by atoms with Crippen molar-refractivity contribution in [3.63, 3.8) is 0 Å². The van der Waals surface area contributed by atoms with Crippen LogP contribution in [0.4, 0.5) is 10.6 Å². The molecule has 1 aliphatic rings. The molecule has 0 aliphatic carbocycles. The Balaban J connectivity index is 1.21. The van der Waals surface area contributed by atoms with Gasteiger partial charge in [-0.25, -0.2) is 19.6 Å². The van der Waals surface area contributed by atoms with Crippen molar-refractivity contribution in [2.24, 2.45) is 0 Å². The van der Waals surface area contributed by atoms with Crippen LogP contribution in [0.5, 0.6) is 0 Å². The average Bonchev–Trinajstić information content (AvgIpc) is 3.53. The predicted octanol–water partition coefficient (Wildman–Crippen LogP) is 4.31. The third-order valence-electron chi connectivity index (χ3n) is 7.13. The molecule has 16 heteroatoms. The summed E-state index contributed by atoms with van der Waals surface area (Å²) >= 11 is 1.39. The summed E-state index contributed by atoms with van der Waals surface area (Å²) in [5.41, 5.74) is 5.45. The summed E-state index contributed by atoms with van der Waals surface area (Å²) in [4.78, 5) is 41.4. The Morgan fingerprint density at radius 3 is 2.52 bits per heavy atom. The lowest BCUT2D eigenvalue weighted by Gasteiger charge is -2.29. The van der Waals surface area contributed by atoms with Crippen molar-refractivity contribution < 1.29 is 34.3 Å². The SMILES string of the molecule is Cc1nc(C)c2c(n1)N(Cc1ccc(-c3ccccc3-c3nnn(C(C)OC(=O)OCCSCCON(O)O)n3)cc1)C(=O)CC2. The molecule has 1 amide bonds. The quantitative estimate of drug-likeness (QED) is 0.119. The van der Waals surface area contributed by atoms with Crippen molar-refractivity contribution in [1.29, 1.82) is 0 Å². The second-order valence-electron chi connectivity index (χ2n) is 10.3. The number of carbonyl (C=O) groups excluding carboxylic acids is 2. The number of hydrogen-bond donors (Lipinski definition) is 2. The van der Waals surface area contributed by atoms with Crippen molar-refractivity contribution >= 4 is 29.6 Å². The van der Waals surface area contributed by atoms with Crippen LogP contribution < -0.4 is 4.90 Å². The van der Waals surface area contributed by atoms with E-state index >= 15 is 0 Å². The summed E-state index contributed by atoms with van der Waals surface area (Å²) in [6.45, 7) is 5.97. The molecule has 3 heterocycles. The topological polar surface area (TPSA) is 178 Å². The van der Waals surface area contributed by atoms with E-state index in [-0.39, 0.29) is 24.5 Å². The number of tetrazole rings is 1. The number of rotatable bonds is 13. The highest BCUT2D eigenvalue weighted by atomic mass is 32.2. The van der Waals surface area contributed by atoms with Crippen LogP contribution in [-0.4, -0.2) is 82.8 Å². The van der Waals surface area contributed by atoms with Crippen LogP contribution in [0.25, 0.3) is 22.5 Å². The van der Waals surface area contributed by atoms with Gasteiger partial charge in [-0.2, -0.15) is 11.8 Å². The smallest absolute Gasteiger partial charge is 0.433 e. The fourth-order valence-electron chi connectivity index (χ4n) is 4.96. The van der Waals surface area contributed by atoms with Crippen molar-refractivity contribution in [1.82, 2.24) is 35.6 Å².